The van der Waals surface area contributed by atoms with Gasteiger partial charge in [0.15, 0.2) is 28.8 Å². The molecular formula is C23H23N3O7S. The topological polar surface area (TPSA) is 103 Å². The maximum Gasteiger partial charge on any atom is 0.276 e. The average Bonchev–Trinajstić information content (AvgIpc) is 3.42. The van der Waals surface area contributed by atoms with Gasteiger partial charge in [-0.05, 0) is 24.3 Å². The summed E-state index contributed by atoms with van der Waals surface area (Å²) in [5.74, 6) is 3.25. The fourth-order valence-corrected chi connectivity index (χ4v) is 4.47. The van der Waals surface area contributed by atoms with Gasteiger partial charge in [0.2, 0.25) is 10.7 Å². The molecule has 0 unspecified atom stereocenters. The molecule has 178 valence electrons. The number of aromatic nitrogens is 3. The Balaban J connectivity index is 1.91. The number of hydrogen-bond donors (Lipinski definition) is 0. The van der Waals surface area contributed by atoms with Crippen LogP contribution in [-0.2, 0) is 0 Å². The lowest BCUT2D eigenvalue weighted by atomic mass is 10.1. The van der Waals surface area contributed by atoms with Gasteiger partial charge < -0.3 is 28.4 Å². The van der Waals surface area contributed by atoms with E-state index in [9.17, 15) is 4.79 Å². The zero-order chi connectivity index (χ0) is 24.4. The van der Waals surface area contributed by atoms with E-state index < -0.39 is 0 Å². The predicted octanol–water partition coefficient (Wildman–Crippen LogP) is 2.42. The molecule has 11 heteroatoms. The average molecular weight is 486 g/mol. The summed E-state index contributed by atoms with van der Waals surface area (Å²) >= 11 is 1.21. The maximum atomic E-state index is 13.4. The molecule has 4 aromatic rings. The molecule has 2 aromatic heterocycles. The lowest BCUT2D eigenvalue weighted by molar-refractivity contribution is 0.324. The van der Waals surface area contributed by atoms with Crippen molar-refractivity contribution in [3.05, 3.63) is 44.7 Å². The molecule has 34 heavy (non-hydrogen) atoms. The minimum atomic E-state index is -0.273. The second-order valence-electron chi connectivity index (χ2n) is 6.92. The van der Waals surface area contributed by atoms with Crippen LogP contribution < -0.4 is 38.5 Å². The van der Waals surface area contributed by atoms with Gasteiger partial charge in [0.05, 0.1) is 47.2 Å². The summed E-state index contributed by atoms with van der Waals surface area (Å²) < 4.78 is 34.3. The Morgan fingerprint density at radius 1 is 0.735 bits per heavy atom. The van der Waals surface area contributed by atoms with Crippen molar-refractivity contribution in [2.75, 3.05) is 42.7 Å². The highest BCUT2D eigenvalue weighted by molar-refractivity contribution is 7.15. The number of hydrogen-bond acceptors (Lipinski definition) is 10. The lowest BCUT2D eigenvalue weighted by Crippen LogP contribution is -2.23. The van der Waals surface area contributed by atoms with Crippen molar-refractivity contribution in [1.82, 2.24) is 14.6 Å². The zero-order valence-electron chi connectivity index (χ0n) is 19.5. The van der Waals surface area contributed by atoms with E-state index >= 15 is 0 Å². The zero-order valence-corrected chi connectivity index (χ0v) is 20.3. The molecule has 0 radical (unpaired) electrons. The quantitative estimate of drug-likeness (QED) is 0.372. The Morgan fingerprint density at radius 3 is 1.88 bits per heavy atom. The molecule has 0 saturated heterocycles. The second kappa shape index (κ2) is 9.48. The molecule has 0 bridgehead atoms. The van der Waals surface area contributed by atoms with Crippen molar-refractivity contribution < 1.29 is 28.4 Å². The van der Waals surface area contributed by atoms with Gasteiger partial charge in [-0.3, -0.25) is 4.79 Å². The number of ether oxygens (including phenoxy) is 6. The Labute approximate surface area is 198 Å². The highest BCUT2D eigenvalue weighted by Gasteiger charge is 2.20. The molecule has 0 aliphatic heterocycles. The van der Waals surface area contributed by atoms with Crippen LogP contribution in [0.1, 0.15) is 5.56 Å². The van der Waals surface area contributed by atoms with Gasteiger partial charge in [-0.2, -0.15) is 0 Å². The molecule has 0 saturated carbocycles. The summed E-state index contributed by atoms with van der Waals surface area (Å²) in [6.45, 7) is 0. The van der Waals surface area contributed by atoms with Crippen LogP contribution in [0.25, 0.3) is 22.4 Å². The normalized spacial score (nSPS) is 11.5. The number of rotatable bonds is 8. The molecule has 0 spiro atoms. The van der Waals surface area contributed by atoms with E-state index in [0.29, 0.717) is 60.9 Å². The van der Waals surface area contributed by atoms with Crippen LogP contribution >= 0.6 is 11.3 Å². The van der Waals surface area contributed by atoms with Gasteiger partial charge in [-0.25, -0.2) is 4.40 Å². The molecule has 10 nitrogen and oxygen atoms in total. The fourth-order valence-electron chi connectivity index (χ4n) is 3.57. The van der Waals surface area contributed by atoms with E-state index in [-0.39, 0.29) is 5.56 Å². The van der Waals surface area contributed by atoms with Crippen LogP contribution in [-0.4, -0.2) is 57.3 Å². The number of fused-ring (bicyclic) bond motifs is 1. The van der Waals surface area contributed by atoms with Crippen LogP contribution in [0.15, 0.2) is 29.1 Å². The monoisotopic (exact) mass is 485 g/mol. The van der Waals surface area contributed by atoms with Crippen LogP contribution in [0, 0.1) is 0 Å². The molecule has 0 N–H and O–H groups in total. The molecule has 0 fully saturated rings. The van der Waals surface area contributed by atoms with Gasteiger partial charge in [-0.1, -0.05) is 11.3 Å². The lowest BCUT2D eigenvalue weighted by Gasteiger charge is -2.13. The molecule has 2 heterocycles. The highest BCUT2D eigenvalue weighted by Crippen LogP contribution is 2.41. The number of thiazole rings is 1. The van der Waals surface area contributed by atoms with Crippen molar-refractivity contribution in [1.29, 1.82) is 0 Å². The van der Waals surface area contributed by atoms with Gasteiger partial charge in [0.1, 0.15) is 5.75 Å². The van der Waals surface area contributed by atoms with E-state index in [1.54, 1.807) is 51.7 Å². The standard InChI is InChI=1S/C23H23N3O7S/c1-28-14-11-16(30-3)15(29-2)7-12(14)10-19-22(27)26-21(24-25-23(26)34-19)13-8-17(31-4)20(33-6)18(9-13)32-5/h7-11H,1-6H3. The van der Waals surface area contributed by atoms with E-state index in [0.717, 1.165) is 0 Å². The predicted molar refractivity (Wildman–Crippen MR) is 127 cm³/mol. The van der Waals surface area contributed by atoms with E-state index in [2.05, 4.69) is 10.2 Å². The first-order chi connectivity index (χ1) is 16.5. The maximum absolute atomic E-state index is 13.4. The smallest absolute Gasteiger partial charge is 0.276 e. The first-order valence-corrected chi connectivity index (χ1v) is 10.8. The molecule has 0 atom stereocenters. The van der Waals surface area contributed by atoms with Crippen LogP contribution in [0.4, 0.5) is 0 Å². The summed E-state index contributed by atoms with van der Waals surface area (Å²) in [7, 11) is 9.20. The second-order valence-corrected chi connectivity index (χ2v) is 7.93. The van der Waals surface area contributed by atoms with Crippen molar-refractivity contribution in [3.8, 4) is 45.9 Å². The van der Waals surface area contributed by atoms with Gasteiger partial charge in [-0.15, -0.1) is 10.2 Å². The minimum absolute atomic E-state index is 0.273. The fraction of sp³-hybridized carbons (Fsp3) is 0.261. The minimum Gasteiger partial charge on any atom is -0.496 e. The summed E-state index contributed by atoms with van der Waals surface area (Å²) in [6.07, 6.45) is 1.72. The molecule has 0 amide bonds. The van der Waals surface area contributed by atoms with Gasteiger partial charge >= 0.3 is 0 Å². The van der Waals surface area contributed by atoms with E-state index in [1.165, 1.54) is 37.1 Å². The van der Waals surface area contributed by atoms with E-state index in [4.69, 9.17) is 28.4 Å². The Hall–Kier alpha value is -3.99. The summed E-state index contributed by atoms with van der Waals surface area (Å²) in [4.78, 5) is 13.8. The SMILES string of the molecule is COc1cc(OC)c(OC)cc1C=c1sc2nnc(-c3cc(OC)c(OC)c(OC)c3)n2c1=O. The number of benzene rings is 2. The Bertz CT molecular complexity index is 1440. The first-order valence-electron chi connectivity index (χ1n) is 9.99. The van der Waals surface area contributed by atoms with Crippen molar-refractivity contribution >= 4 is 22.4 Å². The summed E-state index contributed by atoms with van der Waals surface area (Å²) in [5, 5.41) is 8.42. The van der Waals surface area contributed by atoms with Crippen molar-refractivity contribution in [2.45, 2.75) is 0 Å². The molecular weight excluding hydrogens is 462 g/mol. The molecule has 4 rings (SSSR count). The van der Waals surface area contributed by atoms with Gasteiger partial charge in [0.25, 0.3) is 5.56 Å². The third kappa shape index (κ3) is 3.83. The van der Waals surface area contributed by atoms with Crippen molar-refractivity contribution in [3.63, 3.8) is 0 Å². The summed E-state index contributed by atoms with van der Waals surface area (Å²) in [5.41, 5.74) is 0.974. The third-order valence-corrected chi connectivity index (χ3v) is 6.15. The first kappa shape index (κ1) is 23.2. The molecule has 2 aromatic carbocycles. The molecule has 0 aliphatic rings. The number of nitrogens with zero attached hydrogens (tertiary/aromatic N) is 3. The Kier molecular flexibility index (Phi) is 6.46. The van der Waals surface area contributed by atoms with E-state index in [1.807, 2.05) is 0 Å². The largest absolute Gasteiger partial charge is 0.496 e. The summed E-state index contributed by atoms with van der Waals surface area (Å²) in [6, 6.07) is 6.89. The molecule has 0 aliphatic carbocycles. The third-order valence-electron chi connectivity index (χ3n) is 5.19. The Morgan fingerprint density at radius 2 is 1.32 bits per heavy atom. The number of methoxy groups -OCH3 is 6. The van der Waals surface area contributed by atoms with Crippen LogP contribution in [0.2, 0.25) is 0 Å². The van der Waals surface area contributed by atoms with Gasteiger partial charge in [0, 0.05) is 17.2 Å². The highest BCUT2D eigenvalue weighted by atomic mass is 32.1. The van der Waals surface area contributed by atoms with Crippen molar-refractivity contribution in [2.24, 2.45) is 0 Å². The van der Waals surface area contributed by atoms with Crippen LogP contribution in [0.5, 0.6) is 34.5 Å². The van der Waals surface area contributed by atoms with Crippen LogP contribution in [0.3, 0.4) is 0 Å².